The highest BCUT2D eigenvalue weighted by Crippen LogP contribution is 2.25. The molecule has 2 aromatic rings. The number of nitrogens with zero attached hydrogens (tertiary/aromatic N) is 1. The highest BCUT2D eigenvalue weighted by Gasteiger charge is 2.32. The van der Waals surface area contributed by atoms with Crippen LogP contribution in [0.2, 0.25) is 10.0 Å². The number of fused-ring (bicyclic) bond motifs is 1. The van der Waals surface area contributed by atoms with Gasteiger partial charge in [-0.2, -0.15) is 0 Å². The van der Waals surface area contributed by atoms with Gasteiger partial charge in [0.25, 0.3) is 11.8 Å². The molecule has 0 saturated carbocycles. The van der Waals surface area contributed by atoms with Crippen molar-refractivity contribution in [3.05, 3.63) is 63.6 Å². The summed E-state index contributed by atoms with van der Waals surface area (Å²) in [7, 11) is 0. The van der Waals surface area contributed by atoms with Crippen molar-refractivity contribution in [3.8, 4) is 5.75 Å². The van der Waals surface area contributed by atoms with Crippen LogP contribution in [0.25, 0.3) is 0 Å². The van der Waals surface area contributed by atoms with Crippen LogP contribution in [0, 0.1) is 0 Å². The largest absolute Gasteiger partial charge is 0.484 e. The van der Waals surface area contributed by atoms with Crippen LogP contribution in [-0.4, -0.2) is 48.6 Å². The normalized spacial score (nSPS) is 20.6. The van der Waals surface area contributed by atoms with Gasteiger partial charge in [0, 0.05) is 23.1 Å². The molecule has 1 saturated heterocycles. The third kappa shape index (κ3) is 5.70. The standard InChI is InChI=1S/C23H24Cl2N2O4/c24-17-3-6-20(7-4-17)30-14-22(28)26-19-5-8-21(31-13-19)23(29)27-10-9-15-1-2-18(25)11-16(15)12-27/h1-4,6-7,11,19,21H,5,8-10,12-14H2,(H,26,28)/t19-,21+/m0/s1. The Morgan fingerprint density at radius 2 is 1.84 bits per heavy atom. The maximum atomic E-state index is 12.9. The second-order valence-corrected chi connectivity index (χ2v) is 8.70. The number of halogens is 2. The fraction of sp³-hybridized carbons (Fsp3) is 0.391. The molecule has 2 heterocycles. The summed E-state index contributed by atoms with van der Waals surface area (Å²) in [5.74, 6) is 0.355. The third-order valence-electron chi connectivity index (χ3n) is 5.59. The monoisotopic (exact) mass is 462 g/mol. The minimum atomic E-state index is -0.473. The van der Waals surface area contributed by atoms with Crippen LogP contribution in [0.15, 0.2) is 42.5 Å². The molecule has 0 aromatic heterocycles. The number of hydrogen-bond acceptors (Lipinski definition) is 4. The first-order valence-corrected chi connectivity index (χ1v) is 11.1. The van der Waals surface area contributed by atoms with E-state index in [1.54, 1.807) is 24.3 Å². The van der Waals surface area contributed by atoms with Crippen molar-refractivity contribution in [2.24, 2.45) is 0 Å². The van der Waals surface area contributed by atoms with E-state index in [0.717, 1.165) is 12.0 Å². The summed E-state index contributed by atoms with van der Waals surface area (Å²) in [6.07, 6.45) is 1.59. The lowest BCUT2D eigenvalue weighted by atomic mass is 9.98. The molecular weight excluding hydrogens is 439 g/mol. The number of nitrogens with one attached hydrogen (secondary N) is 1. The van der Waals surface area contributed by atoms with Crippen molar-refractivity contribution < 1.29 is 19.1 Å². The highest BCUT2D eigenvalue weighted by atomic mass is 35.5. The fourth-order valence-electron chi connectivity index (χ4n) is 3.93. The summed E-state index contributed by atoms with van der Waals surface area (Å²) in [5, 5.41) is 4.19. The zero-order valence-electron chi connectivity index (χ0n) is 17.0. The molecule has 2 aliphatic heterocycles. The smallest absolute Gasteiger partial charge is 0.258 e. The van der Waals surface area contributed by atoms with E-state index in [4.69, 9.17) is 32.7 Å². The predicted molar refractivity (Wildman–Crippen MR) is 118 cm³/mol. The van der Waals surface area contributed by atoms with Gasteiger partial charge in [0.1, 0.15) is 11.9 Å². The molecule has 1 N–H and O–H groups in total. The lowest BCUT2D eigenvalue weighted by Gasteiger charge is -2.35. The van der Waals surface area contributed by atoms with Crippen LogP contribution in [0.5, 0.6) is 5.75 Å². The minimum absolute atomic E-state index is 0.00136. The van der Waals surface area contributed by atoms with Crippen LogP contribution in [0.3, 0.4) is 0 Å². The van der Waals surface area contributed by atoms with Gasteiger partial charge < -0.3 is 19.7 Å². The van der Waals surface area contributed by atoms with Crippen LogP contribution in [0.4, 0.5) is 0 Å². The molecule has 2 aromatic carbocycles. The Bertz CT molecular complexity index is 943. The quantitative estimate of drug-likeness (QED) is 0.736. The average molecular weight is 463 g/mol. The van der Waals surface area contributed by atoms with Crippen molar-refractivity contribution in [2.75, 3.05) is 19.8 Å². The lowest BCUT2D eigenvalue weighted by molar-refractivity contribution is -0.148. The summed E-state index contributed by atoms with van der Waals surface area (Å²) in [4.78, 5) is 26.9. The summed E-state index contributed by atoms with van der Waals surface area (Å²) in [5.41, 5.74) is 2.33. The Kier molecular flexibility index (Phi) is 7.00. The van der Waals surface area contributed by atoms with E-state index in [-0.39, 0.29) is 24.5 Å². The van der Waals surface area contributed by atoms with E-state index >= 15 is 0 Å². The van der Waals surface area contributed by atoms with Gasteiger partial charge in [0.2, 0.25) is 0 Å². The second kappa shape index (κ2) is 9.90. The Hall–Kier alpha value is -2.28. The molecule has 8 heteroatoms. The van der Waals surface area contributed by atoms with Gasteiger partial charge in [-0.05, 0) is 66.8 Å². The molecule has 0 aliphatic carbocycles. The first-order chi connectivity index (χ1) is 15.0. The van der Waals surface area contributed by atoms with Crippen molar-refractivity contribution >= 4 is 35.0 Å². The highest BCUT2D eigenvalue weighted by molar-refractivity contribution is 6.30. The molecule has 4 rings (SSSR count). The first-order valence-electron chi connectivity index (χ1n) is 10.3. The van der Waals surface area contributed by atoms with Crippen molar-refractivity contribution in [3.63, 3.8) is 0 Å². The van der Waals surface area contributed by atoms with Crippen LogP contribution < -0.4 is 10.1 Å². The van der Waals surface area contributed by atoms with E-state index in [1.165, 1.54) is 5.56 Å². The SMILES string of the molecule is O=C(COc1ccc(Cl)cc1)N[C@H]1CC[C@H](C(=O)N2CCc3ccc(Cl)cc3C2)OC1. The lowest BCUT2D eigenvalue weighted by Crippen LogP contribution is -2.49. The van der Waals surface area contributed by atoms with Crippen molar-refractivity contribution in [2.45, 2.75) is 38.0 Å². The fourth-order valence-corrected chi connectivity index (χ4v) is 4.25. The topological polar surface area (TPSA) is 67.9 Å². The van der Waals surface area contributed by atoms with E-state index in [0.29, 0.717) is 48.3 Å². The molecule has 31 heavy (non-hydrogen) atoms. The molecular formula is C23H24Cl2N2O4. The third-order valence-corrected chi connectivity index (χ3v) is 6.08. The van der Waals surface area contributed by atoms with Gasteiger partial charge >= 0.3 is 0 Å². The van der Waals surface area contributed by atoms with Crippen molar-refractivity contribution in [1.29, 1.82) is 0 Å². The summed E-state index contributed by atoms with van der Waals surface area (Å²) in [6.45, 7) is 1.45. The van der Waals surface area contributed by atoms with Crippen LogP contribution >= 0.6 is 23.2 Å². The zero-order valence-corrected chi connectivity index (χ0v) is 18.5. The summed E-state index contributed by atoms with van der Waals surface area (Å²) in [6, 6.07) is 12.5. The number of benzene rings is 2. The molecule has 2 atom stereocenters. The van der Waals surface area contributed by atoms with Gasteiger partial charge in [-0.15, -0.1) is 0 Å². The summed E-state index contributed by atoms with van der Waals surface area (Å²) >= 11 is 11.9. The predicted octanol–water partition coefficient (Wildman–Crippen LogP) is 3.62. The maximum Gasteiger partial charge on any atom is 0.258 e. The number of hydrogen-bond donors (Lipinski definition) is 1. The van der Waals surface area contributed by atoms with Gasteiger partial charge in [0.15, 0.2) is 6.61 Å². The minimum Gasteiger partial charge on any atom is -0.484 e. The number of carbonyl (C=O) groups excluding carboxylic acids is 2. The molecule has 0 radical (unpaired) electrons. The average Bonchev–Trinajstić information content (AvgIpc) is 2.78. The van der Waals surface area contributed by atoms with Crippen LogP contribution in [-0.2, 0) is 27.3 Å². The van der Waals surface area contributed by atoms with Gasteiger partial charge in [0.05, 0.1) is 12.6 Å². The Labute approximate surface area is 191 Å². The number of carbonyl (C=O) groups is 2. The Morgan fingerprint density at radius 1 is 1.06 bits per heavy atom. The van der Waals surface area contributed by atoms with E-state index in [9.17, 15) is 9.59 Å². The number of ether oxygens (including phenoxy) is 2. The number of rotatable bonds is 5. The van der Waals surface area contributed by atoms with Gasteiger partial charge in [-0.3, -0.25) is 9.59 Å². The maximum absolute atomic E-state index is 12.9. The molecule has 1 fully saturated rings. The van der Waals surface area contributed by atoms with E-state index in [1.807, 2.05) is 23.1 Å². The molecule has 0 unspecified atom stereocenters. The zero-order chi connectivity index (χ0) is 21.8. The van der Waals surface area contributed by atoms with E-state index in [2.05, 4.69) is 5.32 Å². The molecule has 0 spiro atoms. The molecule has 6 nitrogen and oxygen atoms in total. The molecule has 164 valence electrons. The van der Waals surface area contributed by atoms with Gasteiger partial charge in [-0.1, -0.05) is 29.3 Å². The van der Waals surface area contributed by atoms with Crippen molar-refractivity contribution in [1.82, 2.24) is 10.2 Å². The first kappa shape index (κ1) is 21.9. The molecule has 2 amide bonds. The second-order valence-electron chi connectivity index (χ2n) is 7.83. The van der Waals surface area contributed by atoms with Crippen LogP contribution in [0.1, 0.15) is 24.0 Å². The molecule has 0 bridgehead atoms. The molecule has 2 aliphatic rings. The van der Waals surface area contributed by atoms with Gasteiger partial charge in [-0.25, -0.2) is 0 Å². The number of amides is 2. The summed E-state index contributed by atoms with van der Waals surface area (Å²) < 4.78 is 11.3. The van der Waals surface area contributed by atoms with E-state index < -0.39 is 6.10 Å². The Balaban J connectivity index is 1.21. The Morgan fingerprint density at radius 3 is 2.58 bits per heavy atom.